The highest BCUT2D eigenvalue weighted by Crippen LogP contribution is 2.29. The monoisotopic (exact) mass is 301 g/mol. The fourth-order valence-corrected chi connectivity index (χ4v) is 3.50. The van der Waals surface area contributed by atoms with Gasteiger partial charge in [-0.25, -0.2) is 0 Å². The van der Waals surface area contributed by atoms with Crippen molar-refractivity contribution in [2.75, 3.05) is 6.54 Å². The molecule has 0 bridgehead atoms. The van der Waals surface area contributed by atoms with Crippen LogP contribution in [0.25, 0.3) is 10.9 Å². The van der Waals surface area contributed by atoms with Crippen LogP contribution in [0.2, 0.25) is 0 Å². The van der Waals surface area contributed by atoms with Crippen LogP contribution >= 0.6 is 0 Å². The predicted molar refractivity (Wildman–Crippen MR) is 91.9 cm³/mol. The lowest BCUT2D eigenvalue weighted by atomic mass is 10.0. The smallest absolute Gasteiger partial charge is 0.0669 e. The molecule has 23 heavy (non-hydrogen) atoms. The van der Waals surface area contributed by atoms with Crippen molar-refractivity contribution in [2.24, 2.45) is 0 Å². The van der Waals surface area contributed by atoms with Gasteiger partial charge in [-0.3, -0.25) is 4.90 Å². The molecule has 0 atom stereocenters. The zero-order chi connectivity index (χ0) is 15.6. The summed E-state index contributed by atoms with van der Waals surface area (Å²) in [6, 6.07) is 19.2. The fourth-order valence-electron chi connectivity index (χ4n) is 3.50. The first-order valence-electron chi connectivity index (χ1n) is 8.09. The summed E-state index contributed by atoms with van der Waals surface area (Å²) < 4.78 is 0. The zero-order valence-electron chi connectivity index (χ0n) is 13.0. The van der Waals surface area contributed by atoms with Gasteiger partial charge in [-0.1, -0.05) is 36.4 Å². The zero-order valence-corrected chi connectivity index (χ0v) is 13.0. The van der Waals surface area contributed by atoms with Crippen LogP contribution in [-0.4, -0.2) is 16.4 Å². The average molecular weight is 301 g/mol. The first-order valence-corrected chi connectivity index (χ1v) is 8.09. The van der Waals surface area contributed by atoms with E-state index in [1.807, 2.05) is 0 Å². The Balaban J connectivity index is 1.63. The lowest BCUT2D eigenvalue weighted by Crippen LogP contribution is -2.29. The van der Waals surface area contributed by atoms with Gasteiger partial charge >= 0.3 is 0 Å². The van der Waals surface area contributed by atoms with E-state index in [4.69, 9.17) is 5.26 Å². The van der Waals surface area contributed by atoms with E-state index < -0.39 is 0 Å². The Morgan fingerprint density at radius 1 is 1.09 bits per heavy atom. The number of nitrogens with one attached hydrogen (secondary N) is 1. The molecule has 0 fully saturated rings. The molecule has 1 aliphatic heterocycles. The average Bonchev–Trinajstić information content (AvgIpc) is 2.94. The van der Waals surface area contributed by atoms with E-state index in [9.17, 15) is 0 Å². The molecule has 4 rings (SSSR count). The van der Waals surface area contributed by atoms with E-state index in [-0.39, 0.29) is 0 Å². The van der Waals surface area contributed by atoms with E-state index >= 15 is 0 Å². The first kappa shape index (κ1) is 14.0. The molecule has 3 heteroatoms. The van der Waals surface area contributed by atoms with Gasteiger partial charge < -0.3 is 4.98 Å². The number of aromatic amines is 1. The van der Waals surface area contributed by atoms with Crippen LogP contribution < -0.4 is 0 Å². The molecule has 3 nitrogen and oxygen atoms in total. The van der Waals surface area contributed by atoms with Crippen LogP contribution in [0.4, 0.5) is 0 Å². The molecule has 0 saturated heterocycles. The predicted octanol–water partition coefficient (Wildman–Crippen LogP) is 3.79. The van der Waals surface area contributed by atoms with E-state index in [2.05, 4.69) is 64.5 Å². The standard InChI is InChI=1S/C20H19N3/c21-10-8-15-6-7-19-17(12-15)18-14-23(11-9-20(18)22-19)13-16-4-2-1-3-5-16/h1-7,12,22H,8-9,11,13-14H2. The molecule has 114 valence electrons. The van der Waals surface area contributed by atoms with Gasteiger partial charge in [0.2, 0.25) is 0 Å². The Hall–Kier alpha value is -2.57. The lowest BCUT2D eigenvalue weighted by Gasteiger charge is -2.27. The Morgan fingerprint density at radius 2 is 1.96 bits per heavy atom. The molecule has 0 unspecified atom stereocenters. The highest BCUT2D eigenvalue weighted by molar-refractivity contribution is 5.85. The molecular formula is C20H19N3. The van der Waals surface area contributed by atoms with Gasteiger partial charge in [0.05, 0.1) is 12.5 Å². The van der Waals surface area contributed by atoms with Gasteiger partial charge in [0.25, 0.3) is 0 Å². The summed E-state index contributed by atoms with van der Waals surface area (Å²) in [5.74, 6) is 0. The Bertz CT molecular complexity index is 871. The number of nitrogens with zero attached hydrogens (tertiary/aromatic N) is 2. The normalized spacial score (nSPS) is 14.6. The summed E-state index contributed by atoms with van der Waals surface area (Å²) in [7, 11) is 0. The van der Waals surface area contributed by atoms with Crippen LogP contribution in [0.15, 0.2) is 48.5 Å². The number of benzene rings is 2. The molecule has 0 saturated carbocycles. The summed E-state index contributed by atoms with van der Waals surface area (Å²) >= 11 is 0. The van der Waals surface area contributed by atoms with Crippen molar-refractivity contribution in [1.29, 1.82) is 5.26 Å². The number of hydrogen-bond acceptors (Lipinski definition) is 2. The maximum Gasteiger partial charge on any atom is 0.0669 e. The minimum absolute atomic E-state index is 0.476. The van der Waals surface area contributed by atoms with Crippen molar-refractivity contribution < 1.29 is 0 Å². The number of fused-ring (bicyclic) bond motifs is 3. The van der Waals surface area contributed by atoms with Crippen LogP contribution in [0, 0.1) is 11.3 Å². The summed E-state index contributed by atoms with van der Waals surface area (Å²) in [6.07, 6.45) is 1.54. The summed E-state index contributed by atoms with van der Waals surface area (Å²) in [6.45, 7) is 3.05. The van der Waals surface area contributed by atoms with Crippen LogP contribution in [0.3, 0.4) is 0 Å². The SMILES string of the molecule is N#CCc1ccc2[nH]c3c(c2c1)CN(Cc1ccccc1)CC3. The number of rotatable bonds is 3. The third kappa shape index (κ3) is 2.74. The van der Waals surface area contributed by atoms with Gasteiger partial charge in [-0.2, -0.15) is 5.26 Å². The molecule has 1 aromatic heterocycles. The number of aromatic nitrogens is 1. The molecule has 2 aromatic carbocycles. The highest BCUT2D eigenvalue weighted by Gasteiger charge is 2.20. The van der Waals surface area contributed by atoms with Gasteiger partial charge in [0.15, 0.2) is 0 Å². The second kappa shape index (κ2) is 5.91. The largest absolute Gasteiger partial charge is 0.358 e. The molecule has 1 N–H and O–H groups in total. The van der Waals surface area contributed by atoms with Gasteiger partial charge in [0.1, 0.15) is 0 Å². The fraction of sp³-hybridized carbons (Fsp3) is 0.250. The van der Waals surface area contributed by atoms with Crippen LogP contribution in [0.5, 0.6) is 0 Å². The maximum absolute atomic E-state index is 8.92. The Morgan fingerprint density at radius 3 is 2.78 bits per heavy atom. The number of hydrogen-bond donors (Lipinski definition) is 1. The number of nitriles is 1. The van der Waals surface area contributed by atoms with E-state index in [1.165, 1.54) is 27.7 Å². The third-order valence-electron chi connectivity index (χ3n) is 4.65. The minimum Gasteiger partial charge on any atom is -0.358 e. The summed E-state index contributed by atoms with van der Waals surface area (Å²) in [4.78, 5) is 6.06. The van der Waals surface area contributed by atoms with E-state index in [1.54, 1.807) is 0 Å². The second-order valence-electron chi connectivity index (χ2n) is 6.24. The van der Waals surface area contributed by atoms with E-state index in [0.29, 0.717) is 6.42 Å². The summed E-state index contributed by atoms with van der Waals surface area (Å²) in [5.41, 5.74) is 6.42. The first-order chi connectivity index (χ1) is 11.3. The van der Waals surface area contributed by atoms with Crippen molar-refractivity contribution in [3.05, 3.63) is 70.9 Å². The lowest BCUT2D eigenvalue weighted by molar-refractivity contribution is 0.245. The van der Waals surface area contributed by atoms with Crippen molar-refractivity contribution in [1.82, 2.24) is 9.88 Å². The van der Waals surface area contributed by atoms with E-state index in [0.717, 1.165) is 31.6 Å². The van der Waals surface area contributed by atoms with Gasteiger partial charge in [0, 0.05) is 42.7 Å². The second-order valence-corrected chi connectivity index (χ2v) is 6.24. The molecule has 0 radical (unpaired) electrons. The number of H-pyrrole nitrogens is 1. The van der Waals surface area contributed by atoms with Crippen molar-refractivity contribution in [3.63, 3.8) is 0 Å². The molecule has 2 heterocycles. The van der Waals surface area contributed by atoms with Crippen LogP contribution in [0.1, 0.15) is 22.4 Å². The highest BCUT2D eigenvalue weighted by atomic mass is 15.1. The topological polar surface area (TPSA) is 42.8 Å². The molecule has 0 spiro atoms. The van der Waals surface area contributed by atoms with Crippen molar-refractivity contribution in [3.8, 4) is 6.07 Å². The molecule has 0 aliphatic carbocycles. The third-order valence-corrected chi connectivity index (χ3v) is 4.65. The molecule has 1 aliphatic rings. The minimum atomic E-state index is 0.476. The Labute approximate surface area is 136 Å². The molecule has 0 amide bonds. The van der Waals surface area contributed by atoms with Crippen molar-refractivity contribution >= 4 is 10.9 Å². The summed E-state index contributed by atoms with van der Waals surface area (Å²) in [5, 5.41) is 10.2. The van der Waals surface area contributed by atoms with Crippen LogP contribution in [-0.2, 0) is 25.9 Å². The van der Waals surface area contributed by atoms with Crippen molar-refractivity contribution in [2.45, 2.75) is 25.9 Å². The van der Waals surface area contributed by atoms with Gasteiger partial charge in [-0.05, 0) is 28.8 Å². The Kier molecular flexibility index (Phi) is 3.61. The quantitative estimate of drug-likeness (QED) is 0.799. The van der Waals surface area contributed by atoms with Gasteiger partial charge in [-0.15, -0.1) is 0 Å². The maximum atomic E-state index is 8.92. The molecule has 3 aromatic rings. The molecular weight excluding hydrogens is 282 g/mol.